The van der Waals surface area contributed by atoms with Crippen molar-refractivity contribution in [1.29, 1.82) is 0 Å². The number of nitrogens with zero attached hydrogens (tertiary/aromatic N) is 1. The van der Waals surface area contributed by atoms with Gasteiger partial charge in [-0.3, -0.25) is 4.99 Å². The maximum absolute atomic E-state index is 11.5. The summed E-state index contributed by atoms with van der Waals surface area (Å²) in [7, 11) is 0. The molecule has 2 aromatic carbocycles. The van der Waals surface area contributed by atoms with E-state index in [1.807, 2.05) is 18.2 Å². The van der Waals surface area contributed by atoms with Crippen molar-refractivity contribution in [2.75, 3.05) is 6.61 Å². The summed E-state index contributed by atoms with van der Waals surface area (Å²) < 4.78 is 5.82. The van der Waals surface area contributed by atoms with Crippen LogP contribution in [0.3, 0.4) is 0 Å². The van der Waals surface area contributed by atoms with Crippen LogP contribution in [0.25, 0.3) is 0 Å². The van der Waals surface area contributed by atoms with Crippen LogP contribution in [0.4, 0.5) is 5.69 Å². The molecule has 0 aliphatic rings. The predicted molar refractivity (Wildman–Crippen MR) is 88.8 cm³/mol. The van der Waals surface area contributed by atoms with Gasteiger partial charge in [-0.15, -0.1) is 0 Å². The van der Waals surface area contributed by atoms with E-state index in [1.54, 1.807) is 37.4 Å². The third-order valence-electron chi connectivity index (χ3n) is 2.63. The van der Waals surface area contributed by atoms with E-state index in [-0.39, 0.29) is 5.97 Å². The van der Waals surface area contributed by atoms with Crippen LogP contribution in [-0.4, -0.2) is 18.8 Å². The first-order chi connectivity index (χ1) is 10.1. The molecular formula is C16H13BrClNO2. The fourth-order valence-corrected chi connectivity index (χ4v) is 2.58. The maximum atomic E-state index is 11.5. The molecule has 3 nitrogen and oxygen atoms in total. The normalized spacial score (nSPS) is 10.8. The Morgan fingerprint density at radius 3 is 2.62 bits per heavy atom. The molecule has 0 fully saturated rings. The third-order valence-corrected chi connectivity index (χ3v) is 3.30. The average Bonchev–Trinajstić information content (AvgIpc) is 2.45. The Hall–Kier alpha value is -1.65. The van der Waals surface area contributed by atoms with Gasteiger partial charge in [-0.25, -0.2) is 4.79 Å². The largest absolute Gasteiger partial charge is 0.462 e. The number of ether oxygens (including phenoxy) is 1. The van der Waals surface area contributed by atoms with Crippen molar-refractivity contribution in [1.82, 2.24) is 0 Å². The fraction of sp³-hybridized carbons (Fsp3) is 0.125. The summed E-state index contributed by atoms with van der Waals surface area (Å²) in [5.74, 6) is -0.327. The molecule has 0 saturated heterocycles. The molecule has 0 radical (unpaired) electrons. The highest BCUT2D eigenvalue weighted by Gasteiger charge is 2.04. The first-order valence-corrected chi connectivity index (χ1v) is 7.53. The molecule has 0 bridgehead atoms. The van der Waals surface area contributed by atoms with Crippen molar-refractivity contribution in [2.45, 2.75) is 6.92 Å². The minimum absolute atomic E-state index is 0.327. The number of esters is 1. The van der Waals surface area contributed by atoms with Gasteiger partial charge in [-0.1, -0.05) is 27.5 Å². The van der Waals surface area contributed by atoms with Crippen molar-refractivity contribution >= 4 is 45.4 Å². The summed E-state index contributed by atoms with van der Waals surface area (Å²) in [4.78, 5) is 15.9. The zero-order valence-corrected chi connectivity index (χ0v) is 13.7. The van der Waals surface area contributed by atoms with E-state index >= 15 is 0 Å². The van der Waals surface area contributed by atoms with Crippen LogP contribution < -0.4 is 0 Å². The SMILES string of the molecule is CCOC(=O)c1ccc(/N=C/c2cc(Cl)cc(Br)c2)cc1. The molecule has 0 aliphatic heterocycles. The van der Waals surface area contributed by atoms with Gasteiger partial charge >= 0.3 is 5.97 Å². The quantitative estimate of drug-likeness (QED) is 0.562. The highest BCUT2D eigenvalue weighted by Crippen LogP contribution is 2.19. The van der Waals surface area contributed by atoms with Gasteiger partial charge in [-0.2, -0.15) is 0 Å². The Morgan fingerprint density at radius 1 is 1.29 bits per heavy atom. The lowest BCUT2D eigenvalue weighted by molar-refractivity contribution is 0.0526. The van der Waals surface area contributed by atoms with Crippen LogP contribution in [0.1, 0.15) is 22.8 Å². The lowest BCUT2D eigenvalue weighted by Crippen LogP contribution is -2.03. The Kier molecular flexibility index (Phi) is 5.53. The van der Waals surface area contributed by atoms with Crippen LogP contribution in [0.2, 0.25) is 5.02 Å². The summed E-state index contributed by atoms with van der Waals surface area (Å²) in [5.41, 5.74) is 2.16. The molecule has 108 valence electrons. The first kappa shape index (κ1) is 15.7. The minimum Gasteiger partial charge on any atom is -0.462 e. The summed E-state index contributed by atoms with van der Waals surface area (Å²) >= 11 is 9.36. The minimum atomic E-state index is -0.327. The molecule has 0 atom stereocenters. The van der Waals surface area contributed by atoms with E-state index in [0.717, 1.165) is 15.7 Å². The molecule has 0 saturated carbocycles. The molecule has 5 heteroatoms. The second-order valence-electron chi connectivity index (χ2n) is 4.23. The number of aliphatic imine (C=N–C) groups is 1. The van der Waals surface area contributed by atoms with Gasteiger partial charge in [0.1, 0.15) is 0 Å². The number of carbonyl (C=O) groups is 1. The van der Waals surface area contributed by atoms with E-state index in [1.165, 1.54) is 0 Å². The van der Waals surface area contributed by atoms with Crippen LogP contribution in [-0.2, 0) is 4.74 Å². The van der Waals surface area contributed by atoms with E-state index in [2.05, 4.69) is 20.9 Å². The van der Waals surface area contributed by atoms with Crippen LogP contribution in [0.15, 0.2) is 51.9 Å². The zero-order valence-electron chi connectivity index (χ0n) is 11.3. The number of rotatable bonds is 4. The van der Waals surface area contributed by atoms with Crippen molar-refractivity contribution in [3.8, 4) is 0 Å². The Balaban J connectivity index is 2.12. The number of hydrogen-bond donors (Lipinski definition) is 0. The van der Waals surface area contributed by atoms with Gasteiger partial charge in [0.05, 0.1) is 17.9 Å². The molecular weight excluding hydrogens is 354 g/mol. The smallest absolute Gasteiger partial charge is 0.338 e. The van der Waals surface area contributed by atoms with Gasteiger partial charge in [0.25, 0.3) is 0 Å². The zero-order chi connectivity index (χ0) is 15.2. The monoisotopic (exact) mass is 365 g/mol. The molecule has 21 heavy (non-hydrogen) atoms. The number of hydrogen-bond acceptors (Lipinski definition) is 3. The van der Waals surface area contributed by atoms with Gasteiger partial charge in [0, 0.05) is 15.7 Å². The van der Waals surface area contributed by atoms with Crippen molar-refractivity contribution in [3.05, 3.63) is 63.1 Å². The first-order valence-electron chi connectivity index (χ1n) is 6.36. The summed E-state index contributed by atoms with van der Waals surface area (Å²) in [6.07, 6.45) is 1.72. The molecule has 2 rings (SSSR count). The van der Waals surface area contributed by atoms with Crippen molar-refractivity contribution in [3.63, 3.8) is 0 Å². The number of carbonyl (C=O) groups excluding carboxylic acids is 1. The van der Waals surface area contributed by atoms with Gasteiger partial charge in [-0.05, 0) is 55.0 Å². The molecule has 0 aromatic heterocycles. The lowest BCUT2D eigenvalue weighted by atomic mass is 10.2. The van der Waals surface area contributed by atoms with Crippen LogP contribution >= 0.6 is 27.5 Å². The van der Waals surface area contributed by atoms with E-state index < -0.39 is 0 Å². The Bertz CT molecular complexity index is 648. The van der Waals surface area contributed by atoms with Gasteiger partial charge in [0.15, 0.2) is 0 Å². The van der Waals surface area contributed by atoms with E-state index in [0.29, 0.717) is 17.2 Å². The van der Waals surface area contributed by atoms with Gasteiger partial charge < -0.3 is 4.74 Å². The molecule has 0 heterocycles. The number of halogens is 2. The molecule has 0 aliphatic carbocycles. The maximum Gasteiger partial charge on any atom is 0.338 e. The highest BCUT2D eigenvalue weighted by molar-refractivity contribution is 9.10. The molecule has 0 N–H and O–H groups in total. The van der Waals surface area contributed by atoms with Crippen molar-refractivity contribution < 1.29 is 9.53 Å². The second kappa shape index (κ2) is 7.38. The summed E-state index contributed by atoms with van der Waals surface area (Å²) in [6, 6.07) is 12.5. The Morgan fingerprint density at radius 2 is 2.00 bits per heavy atom. The highest BCUT2D eigenvalue weighted by atomic mass is 79.9. The standard InChI is InChI=1S/C16H13BrClNO2/c1-2-21-16(20)12-3-5-15(6-4-12)19-10-11-7-13(17)9-14(18)8-11/h3-10H,2H2,1H3/b19-10+. The summed E-state index contributed by atoms with van der Waals surface area (Å²) in [5, 5.41) is 0.642. The predicted octanol–water partition coefficient (Wildman–Crippen LogP) is 5.03. The molecule has 0 amide bonds. The van der Waals surface area contributed by atoms with Crippen LogP contribution in [0, 0.1) is 0 Å². The summed E-state index contributed by atoms with van der Waals surface area (Å²) in [6.45, 7) is 2.14. The van der Waals surface area contributed by atoms with Crippen molar-refractivity contribution in [2.24, 2.45) is 4.99 Å². The Labute approximate surface area is 136 Å². The van der Waals surface area contributed by atoms with Gasteiger partial charge in [0.2, 0.25) is 0 Å². The molecule has 0 unspecified atom stereocenters. The fourth-order valence-electron chi connectivity index (χ4n) is 1.70. The topological polar surface area (TPSA) is 38.7 Å². The van der Waals surface area contributed by atoms with E-state index in [9.17, 15) is 4.79 Å². The third kappa shape index (κ3) is 4.69. The molecule has 2 aromatic rings. The average molecular weight is 367 g/mol. The molecule has 0 spiro atoms. The number of benzene rings is 2. The second-order valence-corrected chi connectivity index (χ2v) is 5.58. The lowest BCUT2D eigenvalue weighted by Gasteiger charge is -2.01. The van der Waals surface area contributed by atoms with Crippen LogP contribution in [0.5, 0.6) is 0 Å². The van der Waals surface area contributed by atoms with E-state index in [4.69, 9.17) is 16.3 Å².